The van der Waals surface area contributed by atoms with Gasteiger partial charge in [-0.1, -0.05) is 13.0 Å². The van der Waals surface area contributed by atoms with E-state index < -0.39 is 15.6 Å². The average Bonchev–Trinajstić information content (AvgIpc) is 2.39. The van der Waals surface area contributed by atoms with Crippen molar-refractivity contribution >= 4 is 15.7 Å². The van der Waals surface area contributed by atoms with E-state index in [4.69, 9.17) is 0 Å². The van der Waals surface area contributed by atoms with Crippen LogP contribution in [-0.2, 0) is 14.6 Å². The van der Waals surface area contributed by atoms with Crippen molar-refractivity contribution in [3.8, 4) is 0 Å². The lowest BCUT2D eigenvalue weighted by Crippen LogP contribution is -2.42. The molecule has 1 saturated heterocycles. The summed E-state index contributed by atoms with van der Waals surface area (Å²) in [6, 6.07) is 4.67. The van der Waals surface area contributed by atoms with Gasteiger partial charge in [-0.05, 0) is 30.9 Å². The van der Waals surface area contributed by atoms with Crippen molar-refractivity contribution < 1.29 is 13.2 Å². The van der Waals surface area contributed by atoms with Crippen molar-refractivity contribution in [2.45, 2.75) is 24.8 Å². The van der Waals surface area contributed by atoms with Crippen LogP contribution >= 0.6 is 0 Å². The van der Waals surface area contributed by atoms with Crippen LogP contribution in [0.15, 0.2) is 29.4 Å². The van der Waals surface area contributed by atoms with Crippen molar-refractivity contribution in [3.05, 3.63) is 24.4 Å². The molecule has 1 fully saturated rings. The molecule has 0 spiro atoms. The Balaban J connectivity index is 2.06. The van der Waals surface area contributed by atoms with Crippen LogP contribution in [0.2, 0.25) is 0 Å². The lowest BCUT2D eigenvalue weighted by molar-refractivity contribution is -0.130. The highest BCUT2D eigenvalue weighted by Crippen LogP contribution is 2.16. The summed E-state index contributed by atoms with van der Waals surface area (Å²) in [6.45, 7) is 3.38. The van der Waals surface area contributed by atoms with Gasteiger partial charge in [-0.3, -0.25) is 4.79 Å². The van der Waals surface area contributed by atoms with Crippen LogP contribution in [-0.4, -0.2) is 43.1 Å². The molecule has 0 N–H and O–H groups in total. The molecule has 0 saturated carbocycles. The maximum atomic E-state index is 12.1. The third-order valence-corrected chi connectivity index (χ3v) is 4.79. The molecule has 0 radical (unpaired) electrons. The number of nitrogens with zero attached hydrogens (tertiary/aromatic N) is 2. The first kappa shape index (κ1) is 14.0. The first-order valence-corrected chi connectivity index (χ1v) is 8.06. The minimum atomic E-state index is -3.63. The molecule has 2 heterocycles. The van der Waals surface area contributed by atoms with Gasteiger partial charge in [-0.15, -0.1) is 0 Å². The van der Waals surface area contributed by atoms with Crippen molar-refractivity contribution in [1.29, 1.82) is 0 Å². The molecule has 104 valence electrons. The van der Waals surface area contributed by atoms with E-state index >= 15 is 0 Å². The second kappa shape index (κ2) is 5.69. The fourth-order valence-corrected chi connectivity index (χ4v) is 3.44. The molecule has 6 heteroatoms. The van der Waals surface area contributed by atoms with Gasteiger partial charge in [0, 0.05) is 19.3 Å². The lowest BCUT2D eigenvalue weighted by atomic mass is 10.0. The van der Waals surface area contributed by atoms with Gasteiger partial charge in [-0.2, -0.15) is 0 Å². The van der Waals surface area contributed by atoms with Gasteiger partial charge in [0.15, 0.2) is 5.03 Å². The van der Waals surface area contributed by atoms with Gasteiger partial charge in [0.2, 0.25) is 15.7 Å². The zero-order chi connectivity index (χ0) is 13.9. The molecule has 1 amide bonds. The largest absolute Gasteiger partial charge is 0.342 e. The van der Waals surface area contributed by atoms with Crippen LogP contribution in [0.1, 0.15) is 19.8 Å². The molecule has 0 aromatic carbocycles. The molecule has 19 heavy (non-hydrogen) atoms. The number of amides is 1. The molecule has 0 aliphatic carbocycles. The van der Waals surface area contributed by atoms with Crippen molar-refractivity contribution in [1.82, 2.24) is 9.88 Å². The first-order valence-electron chi connectivity index (χ1n) is 6.40. The molecule has 0 unspecified atom stereocenters. The van der Waals surface area contributed by atoms with Gasteiger partial charge in [0.25, 0.3) is 0 Å². The van der Waals surface area contributed by atoms with Crippen LogP contribution in [0.3, 0.4) is 0 Å². The molecule has 2 rings (SSSR count). The van der Waals surface area contributed by atoms with Crippen molar-refractivity contribution in [2.24, 2.45) is 5.92 Å². The number of sulfone groups is 1. The highest BCUT2D eigenvalue weighted by molar-refractivity contribution is 7.92. The Morgan fingerprint density at radius 2 is 2.26 bits per heavy atom. The number of piperidine rings is 1. The summed E-state index contributed by atoms with van der Waals surface area (Å²) in [5.41, 5.74) is 0. The Morgan fingerprint density at radius 1 is 1.47 bits per heavy atom. The highest BCUT2D eigenvalue weighted by atomic mass is 32.2. The Bertz CT molecular complexity index is 542. The van der Waals surface area contributed by atoms with Crippen LogP contribution in [0, 0.1) is 5.92 Å². The smallest absolute Gasteiger partial charge is 0.238 e. The van der Waals surface area contributed by atoms with E-state index in [-0.39, 0.29) is 10.9 Å². The number of likely N-dealkylation sites (tertiary alicyclic amines) is 1. The van der Waals surface area contributed by atoms with Crippen LogP contribution in [0.5, 0.6) is 0 Å². The zero-order valence-corrected chi connectivity index (χ0v) is 11.8. The summed E-state index contributed by atoms with van der Waals surface area (Å²) < 4.78 is 24.1. The maximum Gasteiger partial charge on any atom is 0.238 e. The van der Waals surface area contributed by atoms with Crippen molar-refractivity contribution in [2.75, 3.05) is 18.8 Å². The summed E-state index contributed by atoms with van der Waals surface area (Å²) in [5.74, 6) is -0.371. The van der Waals surface area contributed by atoms with E-state index in [1.807, 2.05) is 0 Å². The summed E-state index contributed by atoms with van der Waals surface area (Å²) in [4.78, 5) is 17.5. The number of rotatable bonds is 3. The zero-order valence-electron chi connectivity index (χ0n) is 10.9. The number of carbonyl (C=O) groups excluding carboxylic acids is 1. The van der Waals surface area contributed by atoms with E-state index in [1.165, 1.54) is 12.3 Å². The van der Waals surface area contributed by atoms with E-state index in [1.54, 1.807) is 17.0 Å². The Labute approximate surface area is 113 Å². The fourth-order valence-electron chi connectivity index (χ4n) is 2.27. The van der Waals surface area contributed by atoms with Gasteiger partial charge >= 0.3 is 0 Å². The highest BCUT2D eigenvalue weighted by Gasteiger charge is 2.26. The minimum absolute atomic E-state index is 0.0339. The SMILES string of the molecule is C[C@@H]1CCCN(C(=O)CS(=O)(=O)c2ccccn2)C1. The molecule has 0 bridgehead atoms. The van der Waals surface area contributed by atoms with Gasteiger partial charge < -0.3 is 4.90 Å². The Morgan fingerprint density at radius 3 is 2.89 bits per heavy atom. The number of carbonyl (C=O) groups is 1. The van der Waals surface area contributed by atoms with Gasteiger partial charge in [0.05, 0.1) is 0 Å². The Kier molecular flexibility index (Phi) is 4.19. The first-order chi connectivity index (χ1) is 8.99. The normalized spacial score (nSPS) is 20.3. The Hall–Kier alpha value is -1.43. The fraction of sp³-hybridized carbons (Fsp3) is 0.538. The standard InChI is InChI=1S/C13H18N2O3S/c1-11-5-4-8-15(9-11)13(16)10-19(17,18)12-6-2-3-7-14-12/h2-3,6-7,11H,4-5,8-10H2,1H3/t11-/m1/s1. The molecule has 1 aromatic rings. The predicted molar refractivity (Wildman–Crippen MR) is 71.3 cm³/mol. The lowest BCUT2D eigenvalue weighted by Gasteiger charge is -2.30. The summed E-state index contributed by atoms with van der Waals surface area (Å²) in [5, 5.41) is -0.0339. The van der Waals surface area contributed by atoms with Gasteiger partial charge in [-0.25, -0.2) is 13.4 Å². The third-order valence-electron chi connectivity index (χ3n) is 3.28. The molecular weight excluding hydrogens is 264 g/mol. The predicted octanol–water partition coefficient (Wildman–Crippen LogP) is 1.11. The minimum Gasteiger partial charge on any atom is -0.342 e. The summed E-state index contributed by atoms with van der Waals surface area (Å²) in [6.07, 6.45) is 3.45. The van der Waals surface area contributed by atoms with Crippen LogP contribution in [0.25, 0.3) is 0 Å². The second-order valence-corrected chi connectivity index (χ2v) is 6.95. The topological polar surface area (TPSA) is 67.3 Å². The number of hydrogen-bond acceptors (Lipinski definition) is 4. The van der Waals surface area contributed by atoms with Crippen LogP contribution < -0.4 is 0 Å². The van der Waals surface area contributed by atoms with Crippen LogP contribution in [0.4, 0.5) is 0 Å². The van der Waals surface area contributed by atoms with Crippen molar-refractivity contribution in [3.63, 3.8) is 0 Å². The summed E-state index contributed by atoms with van der Waals surface area (Å²) in [7, 11) is -3.63. The summed E-state index contributed by atoms with van der Waals surface area (Å²) >= 11 is 0. The molecule has 1 aliphatic rings. The molecule has 1 atom stereocenters. The maximum absolute atomic E-state index is 12.1. The molecule has 1 aromatic heterocycles. The van der Waals surface area contributed by atoms with E-state index in [9.17, 15) is 13.2 Å². The second-order valence-electron chi connectivity index (χ2n) is 5.01. The molecule has 5 nitrogen and oxygen atoms in total. The van der Waals surface area contributed by atoms with Gasteiger partial charge in [0.1, 0.15) is 5.75 Å². The number of pyridine rings is 1. The molecule has 1 aliphatic heterocycles. The third kappa shape index (κ3) is 3.53. The number of hydrogen-bond donors (Lipinski definition) is 0. The monoisotopic (exact) mass is 282 g/mol. The quantitative estimate of drug-likeness (QED) is 0.833. The van der Waals surface area contributed by atoms with E-state index in [2.05, 4.69) is 11.9 Å². The van der Waals surface area contributed by atoms with E-state index in [0.29, 0.717) is 19.0 Å². The molecular formula is C13H18N2O3S. The average molecular weight is 282 g/mol. The van der Waals surface area contributed by atoms with E-state index in [0.717, 1.165) is 12.8 Å². The number of aromatic nitrogens is 1.